The quantitative estimate of drug-likeness (QED) is 0.721. The van der Waals surface area contributed by atoms with Crippen molar-refractivity contribution in [2.75, 3.05) is 47.1 Å². The second-order valence-corrected chi connectivity index (χ2v) is 5.55. The highest BCUT2D eigenvalue weighted by atomic mass is 35.5. The molecule has 0 radical (unpaired) electrons. The van der Waals surface area contributed by atoms with Crippen LogP contribution in [0.2, 0.25) is 5.02 Å². The van der Waals surface area contributed by atoms with Gasteiger partial charge in [0.1, 0.15) is 0 Å². The van der Waals surface area contributed by atoms with Gasteiger partial charge in [0.05, 0.1) is 19.3 Å². The zero-order valence-corrected chi connectivity index (χ0v) is 13.9. The average molecular weight is 316 g/mol. The lowest BCUT2D eigenvalue weighted by atomic mass is 10.0. The minimum Gasteiger partial charge on any atom is -0.388 e. The molecule has 1 atom stereocenters. The van der Waals surface area contributed by atoms with Crippen LogP contribution in [0.15, 0.2) is 18.2 Å². The first-order valence-electron chi connectivity index (χ1n) is 7.22. The van der Waals surface area contributed by atoms with Crippen LogP contribution in [-0.4, -0.2) is 57.1 Å². The van der Waals surface area contributed by atoms with Crippen LogP contribution in [0.25, 0.3) is 0 Å². The van der Waals surface area contributed by atoms with Gasteiger partial charge in [-0.25, -0.2) is 0 Å². The Labute approximate surface area is 132 Å². The summed E-state index contributed by atoms with van der Waals surface area (Å²) in [6, 6.07) is 5.67. The summed E-state index contributed by atoms with van der Waals surface area (Å²) in [7, 11) is 3.39. The zero-order chi connectivity index (χ0) is 15.7. The van der Waals surface area contributed by atoms with Crippen LogP contribution in [0.5, 0.6) is 0 Å². The summed E-state index contributed by atoms with van der Waals surface area (Å²) in [5.41, 5.74) is 1.90. The van der Waals surface area contributed by atoms with Crippen molar-refractivity contribution in [3.8, 4) is 0 Å². The highest BCUT2D eigenvalue weighted by Gasteiger charge is 2.12. The molecule has 0 spiro atoms. The van der Waals surface area contributed by atoms with Crippen molar-refractivity contribution in [1.82, 2.24) is 4.90 Å². The molecular weight excluding hydrogens is 290 g/mol. The van der Waals surface area contributed by atoms with Crippen LogP contribution in [-0.2, 0) is 9.47 Å². The molecule has 0 aliphatic heterocycles. The molecule has 1 rings (SSSR count). The largest absolute Gasteiger partial charge is 0.388 e. The molecule has 0 aliphatic rings. The van der Waals surface area contributed by atoms with E-state index in [9.17, 15) is 5.11 Å². The molecule has 0 bridgehead atoms. The molecular formula is C16H26ClNO3. The van der Waals surface area contributed by atoms with Gasteiger partial charge in [-0.05, 0) is 30.5 Å². The van der Waals surface area contributed by atoms with E-state index in [-0.39, 0.29) is 0 Å². The van der Waals surface area contributed by atoms with Gasteiger partial charge in [-0.2, -0.15) is 0 Å². The van der Waals surface area contributed by atoms with E-state index in [1.807, 2.05) is 25.1 Å². The van der Waals surface area contributed by atoms with Gasteiger partial charge < -0.3 is 14.6 Å². The van der Waals surface area contributed by atoms with Gasteiger partial charge in [0.2, 0.25) is 0 Å². The molecule has 0 fully saturated rings. The molecule has 1 unspecified atom stereocenters. The molecule has 0 amide bonds. The second kappa shape index (κ2) is 10.1. The molecule has 0 saturated heterocycles. The van der Waals surface area contributed by atoms with Gasteiger partial charge in [0, 0.05) is 38.9 Å². The van der Waals surface area contributed by atoms with Crippen molar-refractivity contribution in [3.63, 3.8) is 0 Å². The Bertz CT molecular complexity index is 407. The molecule has 120 valence electrons. The van der Waals surface area contributed by atoms with E-state index >= 15 is 0 Å². The summed E-state index contributed by atoms with van der Waals surface area (Å²) >= 11 is 6.01. The number of aryl methyl sites for hydroxylation is 1. The van der Waals surface area contributed by atoms with E-state index in [1.165, 1.54) is 0 Å². The number of rotatable bonds is 10. The second-order valence-electron chi connectivity index (χ2n) is 5.14. The van der Waals surface area contributed by atoms with Crippen molar-refractivity contribution >= 4 is 11.6 Å². The Morgan fingerprint density at radius 1 is 1.14 bits per heavy atom. The molecule has 0 aromatic heterocycles. The summed E-state index contributed by atoms with van der Waals surface area (Å²) in [6.45, 7) is 5.79. The third-order valence-corrected chi connectivity index (χ3v) is 3.93. The van der Waals surface area contributed by atoms with Gasteiger partial charge in [-0.15, -0.1) is 0 Å². The molecule has 1 aromatic rings. The monoisotopic (exact) mass is 315 g/mol. The van der Waals surface area contributed by atoms with Gasteiger partial charge in [-0.3, -0.25) is 4.90 Å². The highest BCUT2D eigenvalue weighted by molar-refractivity contribution is 6.31. The molecule has 1 N–H and O–H groups in total. The first kappa shape index (κ1) is 18.4. The maximum Gasteiger partial charge on any atom is 0.0802 e. The Kier molecular flexibility index (Phi) is 8.88. The van der Waals surface area contributed by atoms with Crippen LogP contribution in [0, 0.1) is 6.92 Å². The SMILES string of the molecule is COCCN(CCOC)CCC(O)c1ccc(Cl)c(C)c1. The zero-order valence-electron chi connectivity index (χ0n) is 13.1. The lowest BCUT2D eigenvalue weighted by molar-refractivity contribution is 0.0945. The van der Waals surface area contributed by atoms with E-state index in [0.29, 0.717) is 19.6 Å². The van der Waals surface area contributed by atoms with Crippen LogP contribution in [0.3, 0.4) is 0 Å². The van der Waals surface area contributed by atoms with Crippen molar-refractivity contribution in [2.24, 2.45) is 0 Å². The number of methoxy groups -OCH3 is 2. The minimum atomic E-state index is -0.478. The van der Waals surface area contributed by atoms with Crippen LogP contribution in [0.4, 0.5) is 0 Å². The number of halogens is 1. The first-order chi connectivity index (χ1) is 10.1. The van der Waals surface area contributed by atoms with Crippen molar-refractivity contribution in [2.45, 2.75) is 19.4 Å². The van der Waals surface area contributed by atoms with Crippen molar-refractivity contribution in [1.29, 1.82) is 0 Å². The van der Waals surface area contributed by atoms with Gasteiger partial charge in [0.15, 0.2) is 0 Å². The summed E-state index contributed by atoms with van der Waals surface area (Å²) in [6.07, 6.45) is 0.197. The smallest absolute Gasteiger partial charge is 0.0802 e. The predicted octanol–water partition coefficient (Wildman–Crippen LogP) is 2.67. The summed E-state index contributed by atoms with van der Waals surface area (Å²) in [5, 5.41) is 11.0. The Balaban J connectivity index is 2.50. The van der Waals surface area contributed by atoms with Crippen molar-refractivity contribution < 1.29 is 14.6 Å². The molecule has 0 heterocycles. The Morgan fingerprint density at radius 2 is 1.76 bits per heavy atom. The molecule has 21 heavy (non-hydrogen) atoms. The van der Waals surface area contributed by atoms with Gasteiger partial charge in [0.25, 0.3) is 0 Å². The molecule has 0 aliphatic carbocycles. The van der Waals surface area contributed by atoms with Crippen molar-refractivity contribution in [3.05, 3.63) is 34.3 Å². The maximum absolute atomic E-state index is 10.3. The Morgan fingerprint density at radius 3 is 2.29 bits per heavy atom. The third-order valence-electron chi connectivity index (χ3n) is 3.51. The number of hydrogen-bond acceptors (Lipinski definition) is 4. The van der Waals surface area contributed by atoms with E-state index in [4.69, 9.17) is 21.1 Å². The van der Waals surface area contributed by atoms with Crippen LogP contribution < -0.4 is 0 Å². The highest BCUT2D eigenvalue weighted by Crippen LogP contribution is 2.22. The first-order valence-corrected chi connectivity index (χ1v) is 7.60. The summed E-state index contributed by atoms with van der Waals surface area (Å²) < 4.78 is 10.2. The number of ether oxygens (including phenoxy) is 2. The fourth-order valence-corrected chi connectivity index (χ4v) is 2.24. The normalized spacial score (nSPS) is 12.9. The lowest BCUT2D eigenvalue weighted by Gasteiger charge is -2.23. The van der Waals surface area contributed by atoms with Crippen LogP contribution in [0.1, 0.15) is 23.7 Å². The fourth-order valence-electron chi connectivity index (χ4n) is 2.12. The molecule has 0 saturated carbocycles. The number of nitrogens with zero attached hydrogens (tertiary/aromatic N) is 1. The van der Waals surface area contributed by atoms with Gasteiger partial charge in [-0.1, -0.05) is 23.7 Å². The van der Waals surface area contributed by atoms with E-state index in [0.717, 1.165) is 35.8 Å². The molecule has 1 aromatic carbocycles. The standard InChI is InChI=1S/C16H26ClNO3/c1-13-12-14(4-5-15(13)17)16(19)6-7-18(8-10-20-2)9-11-21-3/h4-5,12,16,19H,6-11H2,1-3H3. The number of benzene rings is 1. The molecule has 4 nitrogen and oxygen atoms in total. The maximum atomic E-state index is 10.3. The Hall–Kier alpha value is -0.650. The fraction of sp³-hybridized carbons (Fsp3) is 0.625. The minimum absolute atomic E-state index is 0.478. The van der Waals surface area contributed by atoms with E-state index in [1.54, 1.807) is 14.2 Å². The lowest BCUT2D eigenvalue weighted by Crippen LogP contribution is -2.32. The third kappa shape index (κ3) is 6.76. The van der Waals surface area contributed by atoms with E-state index < -0.39 is 6.10 Å². The predicted molar refractivity (Wildman–Crippen MR) is 86.0 cm³/mol. The molecule has 5 heteroatoms. The summed E-state index contributed by atoms with van der Waals surface area (Å²) in [4.78, 5) is 2.24. The average Bonchev–Trinajstić information content (AvgIpc) is 2.49. The van der Waals surface area contributed by atoms with Crippen LogP contribution >= 0.6 is 11.6 Å². The number of aliphatic hydroxyl groups is 1. The topological polar surface area (TPSA) is 41.9 Å². The number of aliphatic hydroxyl groups excluding tert-OH is 1. The number of hydrogen-bond donors (Lipinski definition) is 1. The van der Waals surface area contributed by atoms with E-state index in [2.05, 4.69) is 4.90 Å². The van der Waals surface area contributed by atoms with Gasteiger partial charge >= 0.3 is 0 Å². The summed E-state index contributed by atoms with van der Waals surface area (Å²) in [5.74, 6) is 0.